The second-order valence-electron chi connectivity index (χ2n) is 6.85. The molecule has 1 amide bonds. The lowest BCUT2D eigenvalue weighted by Crippen LogP contribution is -2.50. The summed E-state index contributed by atoms with van der Waals surface area (Å²) in [5.74, 6) is 0.218. The number of nitrogens with zero attached hydrogens (tertiary/aromatic N) is 1. The van der Waals surface area contributed by atoms with E-state index in [1.54, 1.807) is 6.92 Å². The molecule has 0 aliphatic heterocycles. The third-order valence-corrected chi connectivity index (χ3v) is 4.24. The molecule has 0 aromatic rings. The second kappa shape index (κ2) is 4.38. The van der Waals surface area contributed by atoms with Crippen LogP contribution in [-0.4, -0.2) is 23.4 Å². The first kappa shape index (κ1) is 13.5. The van der Waals surface area contributed by atoms with E-state index in [-0.39, 0.29) is 11.3 Å². The number of rotatable bonds is 3. The summed E-state index contributed by atoms with van der Waals surface area (Å²) in [4.78, 5) is 13.8. The molecule has 0 N–H and O–H groups in total. The minimum atomic E-state index is 0.159. The van der Waals surface area contributed by atoms with Gasteiger partial charge in [-0.25, -0.2) is 0 Å². The van der Waals surface area contributed by atoms with Crippen molar-refractivity contribution in [2.75, 3.05) is 6.54 Å². The van der Waals surface area contributed by atoms with Gasteiger partial charge in [0.25, 0.3) is 0 Å². The molecular formula is C14H27NO. The summed E-state index contributed by atoms with van der Waals surface area (Å²) in [5, 5.41) is 0. The highest BCUT2D eigenvalue weighted by atomic mass is 16.2. The fraction of sp³-hybridized carbons (Fsp3) is 0.929. The second-order valence-corrected chi connectivity index (χ2v) is 6.85. The van der Waals surface area contributed by atoms with Gasteiger partial charge in [-0.15, -0.1) is 0 Å². The highest BCUT2D eigenvalue weighted by Crippen LogP contribution is 2.42. The first-order chi connectivity index (χ1) is 7.16. The van der Waals surface area contributed by atoms with Crippen LogP contribution in [0.4, 0.5) is 0 Å². The van der Waals surface area contributed by atoms with Gasteiger partial charge in [-0.1, -0.05) is 34.1 Å². The molecule has 0 aromatic heterocycles. The van der Waals surface area contributed by atoms with Crippen molar-refractivity contribution < 1.29 is 4.79 Å². The van der Waals surface area contributed by atoms with Crippen LogP contribution in [0, 0.1) is 10.8 Å². The fourth-order valence-corrected chi connectivity index (χ4v) is 2.34. The maximum Gasteiger partial charge on any atom is 0.219 e. The summed E-state index contributed by atoms with van der Waals surface area (Å²) in [5.41, 5.74) is 0.539. The zero-order chi connectivity index (χ0) is 12.6. The third kappa shape index (κ3) is 2.99. The van der Waals surface area contributed by atoms with Gasteiger partial charge < -0.3 is 4.90 Å². The summed E-state index contributed by atoms with van der Waals surface area (Å²) >= 11 is 0. The monoisotopic (exact) mass is 225 g/mol. The molecule has 94 valence electrons. The van der Waals surface area contributed by atoms with Crippen molar-refractivity contribution in [3.63, 3.8) is 0 Å². The van der Waals surface area contributed by atoms with E-state index in [0.717, 1.165) is 6.54 Å². The van der Waals surface area contributed by atoms with Gasteiger partial charge in [0.1, 0.15) is 0 Å². The predicted octanol–water partition coefficient (Wildman–Crippen LogP) is 3.46. The summed E-state index contributed by atoms with van der Waals surface area (Å²) in [7, 11) is 0. The number of hydrogen-bond donors (Lipinski definition) is 0. The van der Waals surface area contributed by atoms with E-state index in [1.807, 2.05) is 0 Å². The van der Waals surface area contributed by atoms with E-state index < -0.39 is 0 Å². The maximum absolute atomic E-state index is 11.8. The van der Waals surface area contributed by atoms with Crippen LogP contribution in [-0.2, 0) is 4.79 Å². The zero-order valence-electron chi connectivity index (χ0n) is 11.8. The lowest BCUT2D eigenvalue weighted by Gasteiger charge is -2.46. The fourth-order valence-electron chi connectivity index (χ4n) is 2.34. The molecule has 0 saturated heterocycles. The standard InChI is InChI=1S/C14H27NO/c1-11(13(3,4)5)15(12(2)16)10-14(6)8-7-9-14/h11H,7-10H2,1-6H3. The maximum atomic E-state index is 11.8. The Balaban J connectivity index is 2.71. The molecule has 1 aliphatic carbocycles. The molecule has 2 heteroatoms. The Hall–Kier alpha value is -0.530. The average molecular weight is 225 g/mol. The smallest absolute Gasteiger partial charge is 0.219 e. The van der Waals surface area contributed by atoms with Crippen molar-refractivity contribution in [2.24, 2.45) is 10.8 Å². The Morgan fingerprint density at radius 2 is 1.88 bits per heavy atom. The Morgan fingerprint density at radius 3 is 2.12 bits per heavy atom. The van der Waals surface area contributed by atoms with Crippen LogP contribution in [0.5, 0.6) is 0 Å². The molecule has 0 bridgehead atoms. The summed E-state index contributed by atoms with van der Waals surface area (Å²) in [6, 6.07) is 0.308. The molecule has 1 saturated carbocycles. The SMILES string of the molecule is CC(=O)N(CC1(C)CCC1)C(C)C(C)(C)C. The van der Waals surface area contributed by atoms with Crippen LogP contribution in [0.3, 0.4) is 0 Å². The Bertz CT molecular complexity index is 260. The molecule has 16 heavy (non-hydrogen) atoms. The van der Waals surface area contributed by atoms with Gasteiger partial charge in [-0.2, -0.15) is 0 Å². The lowest BCUT2D eigenvalue weighted by molar-refractivity contribution is -0.136. The topological polar surface area (TPSA) is 20.3 Å². The van der Waals surface area contributed by atoms with Crippen molar-refractivity contribution in [1.29, 1.82) is 0 Å². The Kier molecular flexibility index (Phi) is 3.71. The zero-order valence-corrected chi connectivity index (χ0v) is 11.8. The Morgan fingerprint density at radius 1 is 1.38 bits per heavy atom. The number of amides is 1. The van der Waals surface area contributed by atoms with E-state index in [2.05, 4.69) is 39.5 Å². The average Bonchev–Trinajstić information content (AvgIpc) is 2.08. The molecule has 1 atom stereocenters. The van der Waals surface area contributed by atoms with Gasteiger partial charge in [-0.3, -0.25) is 4.79 Å². The van der Waals surface area contributed by atoms with Crippen LogP contribution >= 0.6 is 0 Å². The van der Waals surface area contributed by atoms with Gasteiger partial charge in [0.2, 0.25) is 5.91 Å². The van der Waals surface area contributed by atoms with E-state index in [4.69, 9.17) is 0 Å². The number of hydrogen-bond acceptors (Lipinski definition) is 1. The van der Waals surface area contributed by atoms with Crippen LogP contribution < -0.4 is 0 Å². The van der Waals surface area contributed by atoms with Gasteiger partial charge in [0, 0.05) is 19.5 Å². The van der Waals surface area contributed by atoms with Crippen LogP contribution in [0.15, 0.2) is 0 Å². The Labute approximate surface area is 100 Å². The van der Waals surface area contributed by atoms with Crippen LogP contribution in [0.2, 0.25) is 0 Å². The molecule has 0 radical (unpaired) electrons. The van der Waals surface area contributed by atoms with E-state index in [1.165, 1.54) is 19.3 Å². The summed E-state index contributed by atoms with van der Waals surface area (Å²) < 4.78 is 0. The third-order valence-electron chi connectivity index (χ3n) is 4.24. The van der Waals surface area contributed by atoms with Crippen LogP contribution in [0.25, 0.3) is 0 Å². The molecule has 0 aromatic carbocycles. The quantitative estimate of drug-likeness (QED) is 0.720. The predicted molar refractivity (Wildman–Crippen MR) is 68.3 cm³/mol. The van der Waals surface area contributed by atoms with Gasteiger partial charge in [-0.05, 0) is 30.6 Å². The van der Waals surface area contributed by atoms with E-state index in [9.17, 15) is 4.79 Å². The van der Waals surface area contributed by atoms with Crippen molar-refractivity contribution in [2.45, 2.75) is 66.8 Å². The van der Waals surface area contributed by atoms with E-state index in [0.29, 0.717) is 11.5 Å². The molecule has 2 nitrogen and oxygen atoms in total. The molecule has 0 spiro atoms. The highest BCUT2D eigenvalue weighted by molar-refractivity contribution is 5.73. The van der Waals surface area contributed by atoms with Crippen molar-refractivity contribution in [1.82, 2.24) is 4.90 Å². The van der Waals surface area contributed by atoms with Gasteiger partial charge in [0.05, 0.1) is 0 Å². The minimum Gasteiger partial charge on any atom is -0.339 e. The number of carbonyl (C=O) groups excluding carboxylic acids is 1. The summed E-state index contributed by atoms with van der Waals surface area (Å²) in [6.07, 6.45) is 3.87. The molecule has 1 rings (SSSR count). The van der Waals surface area contributed by atoms with Gasteiger partial charge in [0.15, 0.2) is 0 Å². The van der Waals surface area contributed by atoms with E-state index >= 15 is 0 Å². The first-order valence-corrected chi connectivity index (χ1v) is 6.43. The normalized spacial score (nSPS) is 21.1. The van der Waals surface area contributed by atoms with Gasteiger partial charge >= 0.3 is 0 Å². The largest absolute Gasteiger partial charge is 0.339 e. The van der Waals surface area contributed by atoms with Crippen molar-refractivity contribution >= 4 is 5.91 Å². The molecule has 1 unspecified atom stereocenters. The first-order valence-electron chi connectivity index (χ1n) is 6.43. The molecule has 1 aliphatic rings. The highest BCUT2D eigenvalue weighted by Gasteiger charge is 2.37. The molecule has 1 fully saturated rings. The lowest BCUT2D eigenvalue weighted by atomic mass is 9.69. The molecule has 0 heterocycles. The summed E-state index contributed by atoms with van der Waals surface area (Å²) in [6.45, 7) is 13.7. The van der Waals surface area contributed by atoms with Crippen molar-refractivity contribution in [3.05, 3.63) is 0 Å². The number of carbonyl (C=O) groups is 1. The van der Waals surface area contributed by atoms with Crippen LogP contribution in [0.1, 0.15) is 60.8 Å². The molecular weight excluding hydrogens is 198 g/mol. The van der Waals surface area contributed by atoms with Crippen molar-refractivity contribution in [3.8, 4) is 0 Å². The minimum absolute atomic E-state index is 0.159.